The first kappa shape index (κ1) is 16.6. The number of rotatable bonds is 6. The standard InChI is InChI=1S/C16H23N3.ClH/c1-13(2)11-19-12-16(14(3)18-19)17-10-9-15-7-5-4-6-8-15;/h4-8,12-13,17H,9-11H2,1-3H3;1H. The second-order valence-electron chi connectivity index (χ2n) is 5.41. The van der Waals surface area contributed by atoms with Crippen LogP contribution in [0.15, 0.2) is 36.5 Å². The van der Waals surface area contributed by atoms with Gasteiger partial charge in [-0.05, 0) is 24.8 Å². The molecule has 20 heavy (non-hydrogen) atoms. The van der Waals surface area contributed by atoms with E-state index in [0.717, 1.165) is 30.9 Å². The Hall–Kier alpha value is -1.48. The first-order valence-electron chi connectivity index (χ1n) is 6.97. The highest BCUT2D eigenvalue weighted by Crippen LogP contribution is 2.13. The number of benzene rings is 1. The quantitative estimate of drug-likeness (QED) is 0.875. The monoisotopic (exact) mass is 293 g/mol. The Morgan fingerprint density at radius 1 is 1.20 bits per heavy atom. The predicted octanol–water partition coefficient (Wildman–Crippen LogP) is 3.92. The molecule has 0 atom stereocenters. The molecule has 0 amide bonds. The lowest BCUT2D eigenvalue weighted by atomic mass is 10.1. The molecule has 0 fully saturated rings. The molecule has 0 bridgehead atoms. The third kappa shape index (κ3) is 4.89. The van der Waals surface area contributed by atoms with Gasteiger partial charge in [-0.1, -0.05) is 44.2 Å². The first-order chi connectivity index (χ1) is 9.15. The van der Waals surface area contributed by atoms with Gasteiger partial charge in [-0.25, -0.2) is 0 Å². The summed E-state index contributed by atoms with van der Waals surface area (Å²) >= 11 is 0. The summed E-state index contributed by atoms with van der Waals surface area (Å²) in [5, 5.41) is 8.00. The van der Waals surface area contributed by atoms with Gasteiger partial charge in [0.25, 0.3) is 0 Å². The van der Waals surface area contributed by atoms with Crippen LogP contribution in [0.5, 0.6) is 0 Å². The lowest BCUT2D eigenvalue weighted by molar-refractivity contribution is 0.481. The Labute approximate surface area is 127 Å². The van der Waals surface area contributed by atoms with E-state index >= 15 is 0 Å². The summed E-state index contributed by atoms with van der Waals surface area (Å²) in [6.45, 7) is 8.39. The summed E-state index contributed by atoms with van der Waals surface area (Å²) in [5.41, 5.74) is 3.59. The Bertz CT molecular complexity index is 506. The number of nitrogens with one attached hydrogen (secondary N) is 1. The summed E-state index contributed by atoms with van der Waals surface area (Å²) in [7, 11) is 0. The number of halogens is 1. The Kier molecular flexibility index (Phi) is 6.59. The van der Waals surface area contributed by atoms with Crippen molar-refractivity contribution in [3.05, 3.63) is 47.8 Å². The SMILES string of the molecule is Cc1nn(CC(C)C)cc1NCCc1ccccc1.Cl. The van der Waals surface area contributed by atoms with Gasteiger partial charge >= 0.3 is 0 Å². The van der Waals surface area contributed by atoms with Gasteiger partial charge in [0.1, 0.15) is 0 Å². The van der Waals surface area contributed by atoms with E-state index in [1.54, 1.807) is 0 Å². The average molecular weight is 294 g/mol. The van der Waals surface area contributed by atoms with Gasteiger partial charge in [0, 0.05) is 19.3 Å². The van der Waals surface area contributed by atoms with Crippen LogP contribution in [0.25, 0.3) is 0 Å². The number of aromatic nitrogens is 2. The van der Waals surface area contributed by atoms with Gasteiger partial charge in [-0.2, -0.15) is 5.10 Å². The number of anilines is 1. The van der Waals surface area contributed by atoms with Gasteiger partial charge in [0.15, 0.2) is 0 Å². The topological polar surface area (TPSA) is 29.9 Å². The molecule has 0 saturated heterocycles. The molecule has 0 unspecified atom stereocenters. The summed E-state index contributed by atoms with van der Waals surface area (Å²) in [6, 6.07) is 10.5. The van der Waals surface area contributed by atoms with Crippen LogP contribution in [0, 0.1) is 12.8 Å². The van der Waals surface area contributed by atoms with Crippen molar-refractivity contribution in [2.75, 3.05) is 11.9 Å². The van der Waals surface area contributed by atoms with Crippen molar-refractivity contribution < 1.29 is 0 Å². The Balaban J connectivity index is 0.00000200. The van der Waals surface area contributed by atoms with Crippen LogP contribution in [0.4, 0.5) is 5.69 Å². The number of hydrogen-bond acceptors (Lipinski definition) is 2. The second-order valence-corrected chi connectivity index (χ2v) is 5.41. The maximum atomic E-state index is 4.53. The predicted molar refractivity (Wildman–Crippen MR) is 87.7 cm³/mol. The molecule has 0 aliphatic rings. The highest BCUT2D eigenvalue weighted by atomic mass is 35.5. The van der Waals surface area contributed by atoms with Crippen molar-refractivity contribution in [3.63, 3.8) is 0 Å². The lowest BCUT2D eigenvalue weighted by Crippen LogP contribution is -2.05. The van der Waals surface area contributed by atoms with Crippen LogP contribution < -0.4 is 5.32 Å². The zero-order chi connectivity index (χ0) is 13.7. The van der Waals surface area contributed by atoms with Gasteiger partial charge < -0.3 is 5.32 Å². The molecule has 4 heteroatoms. The normalized spacial score (nSPS) is 10.4. The maximum absolute atomic E-state index is 4.53. The average Bonchev–Trinajstić information content (AvgIpc) is 2.70. The summed E-state index contributed by atoms with van der Waals surface area (Å²) in [4.78, 5) is 0. The van der Waals surface area contributed by atoms with Crippen molar-refractivity contribution in [2.45, 2.75) is 33.7 Å². The smallest absolute Gasteiger partial charge is 0.0825 e. The maximum Gasteiger partial charge on any atom is 0.0825 e. The van der Waals surface area contributed by atoms with E-state index in [2.05, 4.69) is 67.7 Å². The van der Waals surface area contributed by atoms with E-state index in [4.69, 9.17) is 0 Å². The number of nitrogens with zero attached hydrogens (tertiary/aromatic N) is 2. The van der Waals surface area contributed by atoms with E-state index in [1.165, 1.54) is 5.56 Å². The van der Waals surface area contributed by atoms with Gasteiger partial charge in [0.05, 0.1) is 11.4 Å². The van der Waals surface area contributed by atoms with Crippen LogP contribution in [-0.4, -0.2) is 16.3 Å². The zero-order valence-electron chi connectivity index (χ0n) is 12.5. The molecular weight excluding hydrogens is 270 g/mol. The highest BCUT2D eigenvalue weighted by Gasteiger charge is 2.05. The van der Waals surface area contributed by atoms with Crippen LogP contribution in [0.2, 0.25) is 0 Å². The van der Waals surface area contributed by atoms with Crippen molar-refractivity contribution in [1.29, 1.82) is 0 Å². The second kappa shape index (κ2) is 7.95. The van der Waals surface area contributed by atoms with E-state index in [1.807, 2.05) is 4.68 Å². The number of aryl methyl sites for hydroxylation is 1. The minimum absolute atomic E-state index is 0. The minimum Gasteiger partial charge on any atom is -0.382 e. The van der Waals surface area contributed by atoms with Crippen molar-refractivity contribution in [2.24, 2.45) is 5.92 Å². The molecule has 1 N–H and O–H groups in total. The summed E-state index contributed by atoms with van der Waals surface area (Å²) in [5.74, 6) is 0.622. The van der Waals surface area contributed by atoms with E-state index in [9.17, 15) is 0 Å². The first-order valence-corrected chi connectivity index (χ1v) is 6.97. The van der Waals surface area contributed by atoms with Crippen LogP contribution in [-0.2, 0) is 13.0 Å². The lowest BCUT2D eigenvalue weighted by Gasteiger charge is -2.05. The molecule has 2 aromatic rings. The molecule has 0 radical (unpaired) electrons. The van der Waals surface area contributed by atoms with Crippen molar-refractivity contribution >= 4 is 18.1 Å². The molecule has 0 saturated carbocycles. The van der Waals surface area contributed by atoms with Gasteiger partial charge in [-0.3, -0.25) is 4.68 Å². The molecule has 3 nitrogen and oxygen atoms in total. The van der Waals surface area contributed by atoms with Crippen LogP contribution in [0.3, 0.4) is 0 Å². The van der Waals surface area contributed by atoms with Gasteiger partial charge in [0.2, 0.25) is 0 Å². The largest absolute Gasteiger partial charge is 0.382 e. The Morgan fingerprint density at radius 3 is 2.55 bits per heavy atom. The molecule has 0 aliphatic heterocycles. The molecule has 1 aromatic heterocycles. The molecule has 0 spiro atoms. The third-order valence-corrected chi connectivity index (χ3v) is 3.07. The molecule has 2 rings (SSSR count). The fourth-order valence-electron chi connectivity index (χ4n) is 2.15. The highest BCUT2D eigenvalue weighted by molar-refractivity contribution is 5.85. The molecular formula is C16H24ClN3. The van der Waals surface area contributed by atoms with Crippen molar-refractivity contribution in [3.8, 4) is 0 Å². The fourth-order valence-corrected chi connectivity index (χ4v) is 2.15. The zero-order valence-corrected chi connectivity index (χ0v) is 13.3. The Morgan fingerprint density at radius 2 is 1.90 bits per heavy atom. The summed E-state index contributed by atoms with van der Waals surface area (Å²) < 4.78 is 2.03. The van der Waals surface area contributed by atoms with Crippen molar-refractivity contribution in [1.82, 2.24) is 9.78 Å². The third-order valence-electron chi connectivity index (χ3n) is 3.07. The number of hydrogen-bond donors (Lipinski definition) is 1. The van der Waals surface area contributed by atoms with E-state index in [0.29, 0.717) is 5.92 Å². The molecule has 1 heterocycles. The van der Waals surface area contributed by atoms with Gasteiger partial charge in [-0.15, -0.1) is 12.4 Å². The van der Waals surface area contributed by atoms with E-state index < -0.39 is 0 Å². The molecule has 0 aliphatic carbocycles. The summed E-state index contributed by atoms with van der Waals surface area (Å²) in [6.07, 6.45) is 3.15. The minimum atomic E-state index is 0. The molecule has 110 valence electrons. The van der Waals surface area contributed by atoms with Crippen LogP contribution >= 0.6 is 12.4 Å². The molecule has 1 aromatic carbocycles. The fraction of sp³-hybridized carbons (Fsp3) is 0.438. The van der Waals surface area contributed by atoms with E-state index in [-0.39, 0.29) is 12.4 Å². The van der Waals surface area contributed by atoms with Crippen LogP contribution in [0.1, 0.15) is 25.1 Å².